The zero-order valence-corrected chi connectivity index (χ0v) is 17.5. The molecule has 160 valence electrons. The van der Waals surface area contributed by atoms with Crippen LogP contribution in [0, 0.1) is 5.92 Å². The van der Waals surface area contributed by atoms with Crippen molar-refractivity contribution in [2.45, 2.75) is 20.8 Å². The van der Waals surface area contributed by atoms with Gasteiger partial charge in [0.05, 0.1) is 13.7 Å². The molecule has 8 nitrogen and oxygen atoms in total. The zero-order valence-electron chi connectivity index (χ0n) is 17.5. The number of ether oxygens (including phenoxy) is 3. The van der Waals surface area contributed by atoms with Crippen LogP contribution in [0.25, 0.3) is 0 Å². The van der Waals surface area contributed by atoms with Crippen molar-refractivity contribution >= 4 is 29.2 Å². The van der Waals surface area contributed by atoms with E-state index in [0.717, 1.165) is 0 Å². The van der Waals surface area contributed by atoms with Gasteiger partial charge >= 0.3 is 6.09 Å². The van der Waals surface area contributed by atoms with Crippen LogP contribution in [0.3, 0.4) is 0 Å². The molecule has 0 spiro atoms. The van der Waals surface area contributed by atoms with E-state index in [1.807, 2.05) is 13.8 Å². The molecule has 2 N–H and O–H groups in total. The van der Waals surface area contributed by atoms with Gasteiger partial charge in [-0.1, -0.05) is 19.9 Å². The maximum Gasteiger partial charge on any atom is 0.411 e. The van der Waals surface area contributed by atoms with Crippen molar-refractivity contribution < 1.29 is 28.6 Å². The van der Waals surface area contributed by atoms with E-state index >= 15 is 0 Å². The van der Waals surface area contributed by atoms with Gasteiger partial charge in [0.1, 0.15) is 0 Å². The topological polar surface area (TPSA) is 103 Å². The third kappa shape index (κ3) is 7.12. The molecule has 0 atom stereocenters. The molecule has 0 heterocycles. The molecule has 0 radical (unpaired) electrons. The van der Waals surface area contributed by atoms with Crippen molar-refractivity contribution in [3.63, 3.8) is 0 Å². The smallest absolute Gasteiger partial charge is 0.411 e. The summed E-state index contributed by atoms with van der Waals surface area (Å²) in [5.74, 6) is 0.452. The first-order valence-corrected chi connectivity index (χ1v) is 9.44. The van der Waals surface area contributed by atoms with Gasteiger partial charge in [-0.05, 0) is 49.2 Å². The molecule has 0 fully saturated rings. The quantitative estimate of drug-likeness (QED) is 0.599. The number of Topliss-reactive ketones (excluding diaryl/α,β-unsaturated/α-hetero) is 1. The minimum absolute atomic E-state index is 0.0980. The average molecular weight is 414 g/mol. The Morgan fingerprint density at radius 3 is 2.30 bits per heavy atom. The summed E-state index contributed by atoms with van der Waals surface area (Å²) >= 11 is 0. The molecule has 0 unspecified atom stereocenters. The van der Waals surface area contributed by atoms with Crippen LogP contribution in [0.5, 0.6) is 11.5 Å². The van der Waals surface area contributed by atoms with Crippen LogP contribution in [0.1, 0.15) is 31.1 Å². The summed E-state index contributed by atoms with van der Waals surface area (Å²) in [7, 11) is 1.46. The third-order valence-corrected chi connectivity index (χ3v) is 3.87. The van der Waals surface area contributed by atoms with Crippen molar-refractivity contribution in [1.29, 1.82) is 0 Å². The first-order valence-electron chi connectivity index (χ1n) is 9.44. The van der Waals surface area contributed by atoms with Gasteiger partial charge in [-0.2, -0.15) is 0 Å². The van der Waals surface area contributed by atoms with Gasteiger partial charge < -0.3 is 19.5 Å². The number of benzene rings is 2. The Hall–Kier alpha value is -3.55. The Morgan fingerprint density at radius 2 is 1.67 bits per heavy atom. The molecule has 0 saturated heterocycles. The second kappa shape index (κ2) is 10.8. The summed E-state index contributed by atoms with van der Waals surface area (Å²) in [6, 6.07) is 11.4. The number of nitrogens with one attached hydrogen (secondary N) is 2. The van der Waals surface area contributed by atoms with E-state index in [2.05, 4.69) is 10.6 Å². The van der Waals surface area contributed by atoms with E-state index < -0.39 is 12.0 Å². The van der Waals surface area contributed by atoms with Crippen LogP contribution in [0.4, 0.5) is 16.2 Å². The number of hydrogen-bond donors (Lipinski definition) is 2. The van der Waals surface area contributed by atoms with Crippen LogP contribution in [0.15, 0.2) is 42.5 Å². The number of carbonyl (C=O) groups is 3. The van der Waals surface area contributed by atoms with Crippen LogP contribution >= 0.6 is 0 Å². The molecule has 0 aliphatic carbocycles. The van der Waals surface area contributed by atoms with Crippen LogP contribution in [0.2, 0.25) is 0 Å². The average Bonchev–Trinajstić information content (AvgIpc) is 2.70. The van der Waals surface area contributed by atoms with Crippen molar-refractivity contribution in [1.82, 2.24) is 0 Å². The van der Waals surface area contributed by atoms with E-state index in [-0.39, 0.29) is 18.3 Å². The fourth-order valence-electron chi connectivity index (χ4n) is 2.42. The molecular weight excluding hydrogens is 388 g/mol. The lowest BCUT2D eigenvalue weighted by molar-refractivity contribution is -0.118. The van der Waals surface area contributed by atoms with Crippen molar-refractivity contribution in [2.24, 2.45) is 5.92 Å². The Morgan fingerprint density at radius 1 is 0.967 bits per heavy atom. The van der Waals surface area contributed by atoms with Gasteiger partial charge in [0.15, 0.2) is 23.9 Å². The number of ketones is 1. The lowest BCUT2D eigenvalue weighted by Gasteiger charge is -2.12. The Bertz CT molecular complexity index is 910. The van der Waals surface area contributed by atoms with E-state index in [1.165, 1.54) is 14.0 Å². The second-order valence-electron chi connectivity index (χ2n) is 6.96. The molecule has 2 amide bonds. The lowest BCUT2D eigenvalue weighted by atomic mass is 10.1. The van der Waals surface area contributed by atoms with Crippen molar-refractivity contribution in [3.8, 4) is 11.5 Å². The van der Waals surface area contributed by atoms with Crippen molar-refractivity contribution in [3.05, 3.63) is 48.0 Å². The molecule has 2 aromatic rings. The fourth-order valence-corrected chi connectivity index (χ4v) is 2.42. The van der Waals surface area contributed by atoms with Crippen LogP contribution in [-0.2, 0) is 9.53 Å². The minimum Gasteiger partial charge on any atom is -0.493 e. The molecule has 0 saturated carbocycles. The first kappa shape index (κ1) is 22.7. The number of hydrogen-bond acceptors (Lipinski definition) is 6. The van der Waals surface area contributed by atoms with Gasteiger partial charge in [0, 0.05) is 16.9 Å². The highest BCUT2D eigenvalue weighted by molar-refractivity contribution is 5.95. The molecule has 0 aromatic heterocycles. The highest BCUT2D eigenvalue weighted by Gasteiger charge is 2.11. The molecule has 0 aliphatic heterocycles. The number of rotatable bonds is 9. The number of anilines is 2. The summed E-state index contributed by atoms with van der Waals surface area (Å²) in [4.78, 5) is 35.5. The molecule has 8 heteroatoms. The molecule has 0 bridgehead atoms. The predicted octanol–water partition coefficient (Wildman–Crippen LogP) is 4.12. The second-order valence-corrected chi connectivity index (χ2v) is 6.96. The fraction of sp³-hybridized carbons (Fsp3) is 0.318. The maximum absolute atomic E-state index is 12.2. The molecule has 30 heavy (non-hydrogen) atoms. The standard InChI is InChI=1S/C22H26N2O6/c1-14(2)12-30-22(27)24-18-7-5-6-17(11-18)23-21(26)13-29-19-9-8-16(15(3)25)10-20(19)28-4/h5-11,14H,12-13H2,1-4H3,(H,23,26)(H,24,27). The predicted molar refractivity (Wildman–Crippen MR) is 113 cm³/mol. The molecule has 2 rings (SSSR count). The van der Waals surface area contributed by atoms with E-state index in [0.29, 0.717) is 35.0 Å². The van der Waals surface area contributed by atoms with Gasteiger partial charge in [-0.25, -0.2) is 4.79 Å². The largest absolute Gasteiger partial charge is 0.493 e. The molecular formula is C22H26N2O6. The number of carbonyl (C=O) groups excluding carboxylic acids is 3. The maximum atomic E-state index is 12.2. The number of methoxy groups -OCH3 is 1. The lowest BCUT2D eigenvalue weighted by Crippen LogP contribution is -2.20. The molecule has 2 aromatic carbocycles. The highest BCUT2D eigenvalue weighted by Crippen LogP contribution is 2.28. The Balaban J connectivity index is 1.92. The molecule has 0 aliphatic rings. The van der Waals surface area contributed by atoms with Gasteiger partial charge in [0.25, 0.3) is 5.91 Å². The first-order chi connectivity index (χ1) is 14.3. The van der Waals surface area contributed by atoms with Crippen LogP contribution < -0.4 is 20.1 Å². The Kier molecular flexibility index (Phi) is 8.22. The van der Waals surface area contributed by atoms with E-state index in [9.17, 15) is 14.4 Å². The minimum atomic E-state index is -0.559. The summed E-state index contributed by atoms with van der Waals surface area (Å²) in [5.41, 5.74) is 1.47. The SMILES string of the molecule is COc1cc(C(C)=O)ccc1OCC(=O)Nc1cccc(NC(=O)OCC(C)C)c1. The van der Waals surface area contributed by atoms with Gasteiger partial charge in [-0.3, -0.25) is 14.9 Å². The summed E-state index contributed by atoms with van der Waals surface area (Å²) in [6.07, 6.45) is -0.559. The zero-order chi connectivity index (χ0) is 22.1. The summed E-state index contributed by atoms with van der Waals surface area (Å²) in [6.45, 7) is 5.40. The van der Waals surface area contributed by atoms with E-state index in [1.54, 1.807) is 42.5 Å². The van der Waals surface area contributed by atoms with Crippen molar-refractivity contribution in [2.75, 3.05) is 31.0 Å². The van der Waals surface area contributed by atoms with Gasteiger partial charge in [-0.15, -0.1) is 0 Å². The number of amides is 2. The van der Waals surface area contributed by atoms with Crippen LogP contribution in [-0.4, -0.2) is 38.1 Å². The third-order valence-electron chi connectivity index (χ3n) is 3.87. The monoisotopic (exact) mass is 414 g/mol. The normalized spacial score (nSPS) is 10.3. The summed E-state index contributed by atoms with van der Waals surface area (Å²) < 4.78 is 15.8. The van der Waals surface area contributed by atoms with E-state index in [4.69, 9.17) is 14.2 Å². The Labute approximate surface area is 175 Å². The van der Waals surface area contributed by atoms with Gasteiger partial charge in [0.2, 0.25) is 0 Å². The summed E-state index contributed by atoms with van der Waals surface area (Å²) in [5, 5.41) is 5.30. The highest BCUT2D eigenvalue weighted by atomic mass is 16.5.